The normalized spacial score (nSPS) is 48.7. The van der Waals surface area contributed by atoms with Crippen molar-refractivity contribution in [1.82, 2.24) is 0 Å². The lowest BCUT2D eigenvalue weighted by Gasteiger charge is -2.24. The van der Waals surface area contributed by atoms with Gasteiger partial charge in [-0.15, -0.1) is 0 Å². The van der Waals surface area contributed by atoms with Crippen molar-refractivity contribution >= 4 is 7.60 Å². The van der Waals surface area contributed by atoms with Gasteiger partial charge >= 0.3 is 7.60 Å². The molecule has 0 saturated heterocycles. The van der Waals surface area contributed by atoms with Gasteiger partial charge in [0.25, 0.3) is 0 Å². The van der Waals surface area contributed by atoms with E-state index in [4.69, 9.17) is 9.05 Å². The van der Waals surface area contributed by atoms with Crippen LogP contribution in [0.2, 0.25) is 0 Å². The van der Waals surface area contributed by atoms with Gasteiger partial charge in [0.2, 0.25) is 0 Å². The van der Waals surface area contributed by atoms with Crippen LogP contribution in [0.3, 0.4) is 0 Å². The fourth-order valence-electron chi connectivity index (χ4n) is 4.20. The Balaban J connectivity index is 1.90. The predicted molar refractivity (Wildman–Crippen MR) is 59.3 cm³/mol. The molecule has 4 nitrogen and oxygen atoms in total. The van der Waals surface area contributed by atoms with Crippen molar-refractivity contribution in [1.29, 1.82) is 0 Å². The number of hydrogen-bond acceptors (Lipinski definition) is 4. The maximum absolute atomic E-state index is 12.8. The zero-order valence-electron chi connectivity index (χ0n) is 9.76. The summed E-state index contributed by atoms with van der Waals surface area (Å²) in [5.41, 5.74) is 0. The second kappa shape index (κ2) is 3.32. The molecule has 5 atom stereocenters. The summed E-state index contributed by atoms with van der Waals surface area (Å²) in [7, 11) is -3.02. The van der Waals surface area contributed by atoms with Crippen molar-refractivity contribution in [3.63, 3.8) is 0 Å². The number of rotatable bonds is 5. The van der Waals surface area contributed by atoms with Crippen LogP contribution in [0.5, 0.6) is 0 Å². The van der Waals surface area contributed by atoms with Gasteiger partial charge in [0.15, 0.2) is 0 Å². The van der Waals surface area contributed by atoms with Gasteiger partial charge in [-0.25, -0.2) is 0 Å². The molecular formula is C11H19O4P. The Morgan fingerprint density at radius 1 is 1.38 bits per heavy atom. The summed E-state index contributed by atoms with van der Waals surface area (Å²) in [6.07, 6.45) is 1.58. The number of hydrogen-bond donors (Lipinski definition) is 1. The van der Waals surface area contributed by atoms with Crippen molar-refractivity contribution in [3.8, 4) is 0 Å². The SMILES string of the molecule is CCOP(=O)(OCC)[C@]12C[C@@H]3C[C@H]1[C@@H]2[C@H]3O. The molecule has 0 aliphatic heterocycles. The quantitative estimate of drug-likeness (QED) is 0.754. The summed E-state index contributed by atoms with van der Waals surface area (Å²) in [5, 5.41) is 9.67. The van der Waals surface area contributed by atoms with Gasteiger partial charge in [0.05, 0.1) is 24.5 Å². The standard InChI is InChI=1S/C11H19O4P/c1-3-14-16(13,15-4-2)11-6-7-5-8(11)9(11)10(7)12/h7-10,12H,3-6H2,1-2H3/t7-,8-,9+,10-,11+/m0/s1. The van der Waals surface area contributed by atoms with E-state index in [9.17, 15) is 9.67 Å². The highest BCUT2D eigenvalue weighted by molar-refractivity contribution is 7.56. The van der Waals surface area contributed by atoms with Crippen molar-refractivity contribution in [2.45, 2.75) is 37.9 Å². The van der Waals surface area contributed by atoms with E-state index in [1.807, 2.05) is 13.8 Å². The zero-order valence-corrected chi connectivity index (χ0v) is 10.7. The molecule has 0 aromatic heterocycles. The Morgan fingerprint density at radius 2 is 2.00 bits per heavy atom. The lowest BCUT2D eigenvalue weighted by atomic mass is 10.1. The van der Waals surface area contributed by atoms with Crippen LogP contribution in [0, 0.1) is 17.8 Å². The minimum atomic E-state index is -3.02. The Morgan fingerprint density at radius 3 is 2.31 bits per heavy atom. The molecule has 4 fully saturated rings. The summed E-state index contributed by atoms with van der Waals surface area (Å²) in [5.74, 6) is 0.905. The zero-order chi connectivity index (χ0) is 11.6. The molecule has 0 amide bonds. The number of aliphatic hydroxyl groups excluding tert-OH is 1. The molecule has 4 saturated carbocycles. The molecule has 0 radical (unpaired) electrons. The fraction of sp³-hybridized carbons (Fsp3) is 1.00. The first-order valence-electron chi connectivity index (χ1n) is 6.18. The van der Waals surface area contributed by atoms with Gasteiger partial charge in [-0.3, -0.25) is 4.57 Å². The van der Waals surface area contributed by atoms with Crippen molar-refractivity contribution < 1.29 is 18.7 Å². The summed E-state index contributed by atoms with van der Waals surface area (Å²) in [6, 6.07) is 0. The van der Waals surface area contributed by atoms with E-state index in [-0.39, 0.29) is 17.2 Å². The highest BCUT2D eigenvalue weighted by atomic mass is 31.2. The molecule has 0 aromatic carbocycles. The third kappa shape index (κ3) is 1.05. The molecule has 5 heteroatoms. The first kappa shape index (κ1) is 11.2. The highest BCUT2D eigenvalue weighted by Gasteiger charge is 2.86. The van der Waals surface area contributed by atoms with E-state index in [1.54, 1.807) is 0 Å². The van der Waals surface area contributed by atoms with Crippen LogP contribution < -0.4 is 0 Å². The average Bonchev–Trinajstić information content (AvgIpc) is 2.55. The largest absolute Gasteiger partial charge is 0.392 e. The van der Waals surface area contributed by atoms with Crippen molar-refractivity contribution in [2.75, 3.05) is 13.2 Å². The maximum atomic E-state index is 12.8. The molecule has 0 heterocycles. The van der Waals surface area contributed by atoms with Gasteiger partial charge in [-0.2, -0.15) is 0 Å². The van der Waals surface area contributed by atoms with Gasteiger partial charge in [0.1, 0.15) is 0 Å². The minimum Gasteiger partial charge on any atom is -0.392 e. The Hall–Kier alpha value is 0.110. The molecule has 0 unspecified atom stereocenters. The fourth-order valence-corrected chi connectivity index (χ4v) is 7.19. The van der Waals surface area contributed by atoms with Crippen LogP contribution >= 0.6 is 7.60 Å². The minimum absolute atomic E-state index is 0.182. The van der Waals surface area contributed by atoms with E-state index < -0.39 is 7.60 Å². The monoisotopic (exact) mass is 246 g/mol. The van der Waals surface area contributed by atoms with Crippen LogP contribution in [-0.2, 0) is 13.6 Å². The third-order valence-corrected chi connectivity index (χ3v) is 7.68. The van der Waals surface area contributed by atoms with E-state index in [2.05, 4.69) is 0 Å². The van der Waals surface area contributed by atoms with E-state index >= 15 is 0 Å². The van der Waals surface area contributed by atoms with E-state index in [1.165, 1.54) is 0 Å². The lowest BCUT2D eigenvalue weighted by molar-refractivity contribution is 0.134. The Bertz CT molecular complexity index is 348. The molecular weight excluding hydrogens is 227 g/mol. The highest BCUT2D eigenvalue weighted by Crippen LogP contribution is 2.88. The molecule has 92 valence electrons. The smallest absolute Gasteiger partial charge is 0.337 e. The van der Waals surface area contributed by atoms with Crippen LogP contribution in [-0.4, -0.2) is 29.6 Å². The molecule has 1 N–H and O–H groups in total. The maximum Gasteiger partial charge on any atom is 0.337 e. The van der Waals surface area contributed by atoms with E-state index in [0.717, 1.165) is 12.8 Å². The molecule has 0 aromatic rings. The van der Waals surface area contributed by atoms with Crippen molar-refractivity contribution in [2.24, 2.45) is 17.8 Å². The third-order valence-electron chi connectivity index (χ3n) is 4.65. The topological polar surface area (TPSA) is 55.8 Å². The van der Waals surface area contributed by atoms with Gasteiger partial charge in [-0.05, 0) is 38.5 Å². The van der Waals surface area contributed by atoms with Crippen molar-refractivity contribution in [3.05, 3.63) is 0 Å². The second-order valence-corrected chi connectivity index (χ2v) is 7.49. The summed E-state index contributed by atoms with van der Waals surface area (Å²) in [4.78, 5) is 0. The predicted octanol–water partition coefficient (Wildman–Crippen LogP) is 2.02. The van der Waals surface area contributed by atoms with Crippen LogP contribution in [0.4, 0.5) is 0 Å². The molecule has 4 aliphatic rings. The first-order chi connectivity index (χ1) is 7.60. The van der Waals surface area contributed by atoms with Gasteiger partial charge in [0, 0.05) is 5.92 Å². The van der Waals surface area contributed by atoms with Crippen LogP contribution in [0.15, 0.2) is 0 Å². The Labute approximate surface area is 95.9 Å². The average molecular weight is 246 g/mol. The van der Waals surface area contributed by atoms with Crippen LogP contribution in [0.25, 0.3) is 0 Å². The van der Waals surface area contributed by atoms with Gasteiger partial charge in [-0.1, -0.05) is 0 Å². The van der Waals surface area contributed by atoms with Crippen LogP contribution in [0.1, 0.15) is 26.7 Å². The lowest BCUT2D eigenvalue weighted by Crippen LogP contribution is -2.16. The summed E-state index contributed by atoms with van der Waals surface area (Å²) >= 11 is 0. The molecule has 0 spiro atoms. The Kier molecular flexibility index (Phi) is 2.33. The number of aliphatic hydroxyl groups is 1. The molecule has 4 rings (SSSR count). The first-order valence-corrected chi connectivity index (χ1v) is 7.72. The molecule has 16 heavy (non-hydrogen) atoms. The van der Waals surface area contributed by atoms with Gasteiger partial charge < -0.3 is 14.2 Å². The summed E-state index contributed by atoms with van der Waals surface area (Å²) < 4.78 is 23.7. The molecule has 4 aliphatic carbocycles. The van der Waals surface area contributed by atoms with E-state index in [0.29, 0.717) is 25.0 Å². The second-order valence-electron chi connectivity index (χ2n) is 5.15. The summed E-state index contributed by atoms with van der Waals surface area (Å²) in [6.45, 7) is 4.52. The molecule has 4 bridgehead atoms.